The molecule has 10 heteroatoms. The molecule has 0 rings (SSSR count). The lowest BCUT2D eigenvalue weighted by Crippen LogP contribution is -2.15. The van der Waals surface area contributed by atoms with Gasteiger partial charge in [-0.15, -0.1) is 13.2 Å². The highest BCUT2D eigenvalue weighted by atomic mass is 19.4. The molecule has 0 aliphatic carbocycles. The summed E-state index contributed by atoms with van der Waals surface area (Å²) in [6.07, 6.45) is -8.91. The van der Waals surface area contributed by atoms with Gasteiger partial charge >= 0.3 is 12.5 Å². The van der Waals surface area contributed by atoms with Crippen molar-refractivity contribution in [2.75, 3.05) is 27.4 Å². The minimum Gasteiger partial charge on any atom is -0.375 e. The van der Waals surface area contributed by atoms with E-state index in [-0.39, 0.29) is 0 Å². The van der Waals surface area contributed by atoms with Crippen molar-refractivity contribution in [3.05, 3.63) is 0 Å². The molecule has 0 spiro atoms. The zero-order valence-electron chi connectivity index (χ0n) is 7.99. The molecule has 0 aliphatic heterocycles. The molecule has 0 aliphatic rings. The molecular weight excluding hydrogens is 253 g/mol. The maximum Gasteiger partial charge on any atom is 0.524 e. The zero-order chi connectivity index (χ0) is 13.2. The molecule has 0 N–H and O–H groups in total. The number of alkyl halides is 7. The topological polar surface area (TPSA) is 27.7 Å². The molecule has 0 heterocycles. The fourth-order valence-electron chi connectivity index (χ4n) is 0.304. The van der Waals surface area contributed by atoms with Gasteiger partial charge in [0.25, 0.3) is 0 Å². The summed E-state index contributed by atoms with van der Waals surface area (Å²) in [5, 5.41) is 0. The van der Waals surface area contributed by atoms with Crippen molar-refractivity contribution in [3.63, 3.8) is 0 Å². The van der Waals surface area contributed by atoms with Crippen LogP contribution in [0.2, 0.25) is 0 Å². The first-order chi connectivity index (χ1) is 7.12. The average molecular weight is 262 g/mol. The lowest BCUT2D eigenvalue weighted by atomic mass is 10.7. The maximum atomic E-state index is 11.0. The third-order valence-electron chi connectivity index (χ3n) is 0.691. The van der Waals surface area contributed by atoms with Gasteiger partial charge in [-0.3, -0.25) is 4.74 Å². The molecule has 0 radical (unpaired) electrons. The van der Waals surface area contributed by atoms with Crippen LogP contribution >= 0.6 is 0 Å². The van der Waals surface area contributed by atoms with Gasteiger partial charge in [0.15, 0.2) is 13.7 Å². The highest BCUT2D eigenvalue weighted by Gasteiger charge is 2.28. The lowest BCUT2D eigenvalue weighted by Gasteiger charge is -2.04. The Hall–Kier alpha value is -0.610. The Bertz CT molecular complexity index is 155. The summed E-state index contributed by atoms with van der Waals surface area (Å²) in [6, 6.07) is 0. The first-order valence-electron chi connectivity index (χ1n) is 3.52. The predicted molar refractivity (Wildman–Crippen MR) is 37.0 cm³/mol. The van der Waals surface area contributed by atoms with Crippen molar-refractivity contribution in [1.29, 1.82) is 0 Å². The minimum atomic E-state index is -4.74. The van der Waals surface area contributed by atoms with Crippen LogP contribution in [0.3, 0.4) is 0 Å². The number of halogens is 7. The van der Waals surface area contributed by atoms with E-state index in [2.05, 4.69) is 14.2 Å². The Labute approximate surface area is 86.1 Å². The van der Waals surface area contributed by atoms with E-state index >= 15 is 0 Å². The number of ether oxygens (including phenoxy) is 3. The average Bonchev–Trinajstić information content (AvgIpc) is 2.01. The van der Waals surface area contributed by atoms with Gasteiger partial charge in [0.05, 0.1) is 0 Å². The van der Waals surface area contributed by atoms with E-state index in [1.807, 2.05) is 0 Å². The van der Waals surface area contributed by atoms with Gasteiger partial charge < -0.3 is 9.47 Å². The molecule has 0 fully saturated rings. The number of rotatable bonds is 4. The zero-order valence-corrected chi connectivity index (χ0v) is 7.99. The second-order valence-electron chi connectivity index (χ2n) is 2.07. The van der Waals surface area contributed by atoms with Gasteiger partial charge in [-0.05, 0) is 0 Å². The van der Waals surface area contributed by atoms with Crippen LogP contribution in [-0.4, -0.2) is 39.9 Å². The van der Waals surface area contributed by atoms with E-state index in [0.717, 1.165) is 7.11 Å². The molecule has 16 heavy (non-hydrogen) atoms. The van der Waals surface area contributed by atoms with E-state index in [1.54, 1.807) is 0 Å². The molecule has 0 aromatic heterocycles. The second-order valence-corrected chi connectivity index (χ2v) is 2.07. The molecule has 0 saturated heterocycles. The van der Waals surface area contributed by atoms with Crippen LogP contribution in [-0.2, 0) is 14.2 Å². The largest absolute Gasteiger partial charge is 0.524 e. The molecular formula is C6H9F7O3. The number of hydrogen-bond donors (Lipinski definition) is 0. The van der Waals surface area contributed by atoms with Crippen molar-refractivity contribution in [2.45, 2.75) is 12.5 Å². The van der Waals surface area contributed by atoms with E-state index in [9.17, 15) is 30.7 Å². The normalized spacial score (nSPS) is 12.0. The highest BCUT2D eigenvalue weighted by molar-refractivity contribution is 4.41. The van der Waals surface area contributed by atoms with Gasteiger partial charge in [-0.1, -0.05) is 0 Å². The van der Waals surface area contributed by atoms with Crippen LogP contribution in [0.1, 0.15) is 0 Å². The Morgan fingerprint density at radius 1 is 1.00 bits per heavy atom. The Kier molecular flexibility index (Phi) is 9.48. The third kappa shape index (κ3) is 23.3. The molecule has 3 nitrogen and oxygen atoms in total. The first kappa shape index (κ1) is 17.8. The molecule has 100 valence electrons. The smallest absolute Gasteiger partial charge is 0.375 e. The van der Waals surface area contributed by atoms with Crippen LogP contribution < -0.4 is 0 Å². The summed E-state index contributed by atoms with van der Waals surface area (Å²) in [6.45, 7) is -3.54. The summed E-state index contributed by atoms with van der Waals surface area (Å²) in [7, 11) is 1.01. The molecule has 0 amide bonds. The van der Waals surface area contributed by atoms with E-state index in [1.165, 1.54) is 0 Å². The first-order valence-corrected chi connectivity index (χ1v) is 3.52. The van der Waals surface area contributed by atoms with Crippen LogP contribution in [0.25, 0.3) is 0 Å². The predicted octanol–water partition coefficient (Wildman–Crippen LogP) is 2.62. The van der Waals surface area contributed by atoms with Gasteiger partial charge in [-0.25, -0.2) is 4.39 Å². The molecule has 0 aromatic carbocycles. The van der Waals surface area contributed by atoms with Crippen molar-refractivity contribution in [1.82, 2.24) is 0 Å². The fraction of sp³-hybridized carbons (Fsp3) is 1.00. The van der Waals surface area contributed by atoms with E-state index in [4.69, 9.17) is 0 Å². The van der Waals surface area contributed by atoms with Crippen molar-refractivity contribution < 1.29 is 44.9 Å². The van der Waals surface area contributed by atoms with Crippen molar-refractivity contribution in [2.24, 2.45) is 0 Å². The van der Waals surface area contributed by atoms with Crippen molar-refractivity contribution in [3.8, 4) is 0 Å². The summed E-state index contributed by atoms with van der Waals surface area (Å²) in [5.41, 5.74) is 0. The summed E-state index contributed by atoms with van der Waals surface area (Å²) in [5.74, 6) is 0. The van der Waals surface area contributed by atoms with E-state index < -0.39 is 32.8 Å². The van der Waals surface area contributed by atoms with Crippen LogP contribution in [0.4, 0.5) is 30.7 Å². The van der Waals surface area contributed by atoms with Crippen molar-refractivity contribution >= 4 is 0 Å². The SMILES string of the molecule is COCC(F)(F)F.FCOCOC(F)(F)F. The van der Waals surface area contributed by atoms with Crippen LogP contribution in [0.15, 0.2) is 0 Å². The summed E-state index contributed by atoms with van der Waals surface area (Å²) < 4.78 is 86.9. The number of hydrogen-bond acceptors (Lipinski definition) is 3. The molecule has 0 aromatic rings. The standard InChI is InChI=1S/C3H4F4O2.C3H5F3O/c4-1-8-2-9-3(5,6)7;1-7-2-3(4,5)6/h1-2H2;2H2,1H3. The maximum absolute atomic E-state index is 11.0. The summed E-state index contributed by atoms with van der Waals surface area (Å²) >= 11 is 0. The Morgan fingerprint density at radius 3 is 1.69 bits per heavy atom. The third-order valence-corrected chi connectivity index (χ3v) is 0.691. The van der Waals surface area contributed by atoms with Gasteiger partial charge in [0.1, 0.15) is 6.61 Å². The monoisotopic (exact) mass is 262 g/mol. The summed E-state index contributed by atoms with van der Waals surface area (Å²) in [4.78, 5) is 0. The number of methoxy groups -OCH3 is 1. The van der Waals surface area contributed by atoms with Gasteiger partial charge in [0.2, 0.25) is 0 Å². The molecule has 0 saturated carbocycles. The van der Waals surface area contributed by atoms with Gasteiger partial charge in [-0.2, -0.15) is 13.2 Å². The Balaban J connectivity index is 0. The quantitative estimate of drug-likeness (QED) is 0.443. The van der Waals surface area contributed by atoms with Crippen LogP contribution in [0.5, 0.6) is 0 Å². The van der Waals surface area contributed by atoms with Gasteiger partial charge in [0, 0.05) is 7.11 Å². The lowest BCUT2D eigenvalue weighted by molar-refractivity contribution is -0.351. The molecule has 0 atom stereocenters. The van der Waals surface area contributed by atoms with Crippen LogP contribution in [0, 0.1) is 0 Å². The molecule has 0 unspecified atom stereocenters. The minimum absolute atomic E-state index is 1.01. The Morgan fingerprint density at radius 2 is 1.50 bits per heavy atom. The fourth-order valence-corrected chi connectivity index (χ4v) is 0.304. The highest BCUT2D eigenvalue weighted by Crippen LogP contribution is 2.15. The second kappa shape index (κ2) is 8.53. The van der Waals surface area contributed by atoms with E-state index in [0.29, 0.717) is 0 Å². The molecule has 0 bridgehead atoms.